The minimum absolute atomic E-state index is 0.0000926. The van der Waals surface area contributed by atoms with Gasteiger partial charge < -0.3 is 0 Å². The van der Waals surface area contributed by atoms with E-state index in [0.717, 1.165) is 6.42 Å². The quantitative estimate of drug-likeness (QED) is 0.612. The Hall–Kier alpha value is -1.13. The highest BCUT2D eigenvalue weighted by atomic mass is 19.3. The van der Waals surface area contributed by atoms with Gasteiger partial charge in [0.05, 0.1) is 0 Å². The summed E-state index contributed by atoms with van der Waals surface area (Å²) < 4.78 is 43.6. The molecule has 138 valence electrons. The van der Waals surface area contributed by atoms with E-state index in [4.69, 9.17) is 0 Å². The molecule has 4 saturated carbocycles. The number of Topliss-reactive ketones (excluding diaryl/α,β-unsaturated/α-hetero) is 2. The minimum Gasteiger partial charge on any atom is -0.300 e. The maximum atomic E-state index is 16.0. The van der Waals surface area contributed by atoms with Crippen LogP contribution in [0.25, 0.3) is 0 Å². The summed E-state index contributed by atoms with van der Waals surface area (Å²) in [5, 5.41) is 0. The summed E-state index contributed by atoms with van der Waals surface area (Å²) >= 11 is 0. The first kappa shape index (κ1) is 17.3. The third kappa shape index (κ3) is 2.04. The lowest BCUT2D eigenvalue weighted by molar-refractivity contribution is -0.157. The van der Waals surface area contributed by atoms with Gasteiger partial charge in [-0.3, -0.25) is 9.59 Å². The highest BCUT2D eigenvalue weighted by Gasteiger charge is 2.68. The predicted molar refractivity (Wildman–Crippen MR) is 86.7 cm³/mol. The lowest BCUT2D eigenvalue weighted by Gasteiger charge is -2.61. The Morgan fingerprint density at radius 2 is 1.76 bits per heavy atom. The van der Waals surface area contributed by atoms with Crippen molar-refractivity contribution in [2.75, 3.05) is 0 Å². The smallest absolute Gasteiger partial charge is 0.272 e. The maximum absolute atomic E-state index is 16.0. The summed E-state index contributed by atoms with van der Waals surface area (Å²) in [6.45, 7) is 3.75. The second-order valence-corrected chi connectivity index (χ2v) is 9.17. The second-order valence-electron chi connectivity index (χ2n) is 9.17. The molecule has 25 heavy (non-hydrogen) atoms. The summed E-state index contributed by atoms with van der Waals surface area (Å²) in [5.74, 6) is -0.0642. The topological polar surface area (TPSA) is 34.1 Å². The van der Waals surface area contributed by atoms with Gasteiger partial charge in [0.1, 0.15) is 17.2 Å². The molecule has 0 amide bonds. The van der Waals surface area contributed by atoms with E-state index in [-0.39, 0.29) is 42.2 Å². The fourth-order valence-corrected chi connectivity index (χ4v) is 6.85. The first-order valence-corrected chi connectivity index (χ1v) is 9.42. The Bertz CT molecular complexity index is 682. The Morgan fingerprint density at radius 3 is 2.44 bits per heavy atom. The van der Waals surface area contributed by atoms with Gasteiger partial charge in [-0.05, 0) is 49.9 Å². The summed E-state index contributed by atoms with van der Waals surface area (Å²) in [7, 11) is 0. The maximum Gasteiger partial charge on any atom is 0.272 e. The van der Waals surface area contributed by atoms with Gasteiger partial charge in [0.15, 0.2) is 0 Å². The summed E-state index contributed by atoms with van der Waals surface area (Å²) in [5.41, 5.74) is -4.04. The highest BCUT2D eigenvalue weighted by molar-refractivity contribution is 5.87. The Labute approximate surface area is 146 Å². The van der Waals surface area contributed by atoms with E-state index >= 15 is 4.39 Å². The standard InChI is InChI=1S/C20H25F3O2/c1-18-7-6-14-12(13(18)3-4-16(18)25)9-15(17(21)22)20(23)10-11(24)5-8-19(14,20)2/h12-14H,3-10H2,1-2H3/t12-,13-,14-,18-,19+,20-/m0/s1. The van der Waals surface area contributed by atoms with Gasteiger partial charge in [0.2, 0.25) is 0 Å². The molecule has 5 heteroatoms. The van der Waals surface area contributed by atoms with Gasteiger partial charge >= 0.3 is 0 Å². The van der Waals surface area contributed by atoms with E-state index in [1.165, 1.54) is 0 Å². The average molecular weight is 354 g/mol. The van der Waals surface area contributed by atoms with Crippen molar-refractivity contribution in [3.8, 4) is 0 Å². The van der Waals surface area contributed by atoms with Crippen molar-refractivity contribution < 1.29 is 22.8 Å². The van der Waals surface area contributed by atoms with Gasteiger partial charge in [-0.15, -0.1) is 0 Å². The lowest BCUT2D eigenvalue weighted by Crippen LogP contribution is -2.61. The van der Waals surface area contributed by atoms with Crippen molar-refractivity contribution in [3.05, 3.63) is 11.7 Å². The Kier molecular flexibility index (Phi) is 3.60. The van der Waals surface area contributed by atoms with E-state index in [9.17, 15) is 18.4 Å². The van der Waals surface area contributed by atoms with Gasteiger partial charge in [-0.1, -0.05) is 13.8 Å². The van der Waals surface area contributed by atoms with Crippen LogP contribution in [0.1, 0.15) is 65.2 Å². The fraction of sp³-hybridized carbons (Fsp3) is 0.800. The van der Waals surface area contributed by atoms with Crippen molar-refractivity contribution >= 4 is 11.6 Å². The molecule has 2 nitrogen and oxygen atoms in total. The third-order valence-electron chi connectivity index (χ3n) is 8.38. The normalized spacial score (nSPS) is 49.5. The van der Waals surface area contributed by atoms with Crippen molar-refractivity contribution in [1.29, 1.82) is 0 Å². The number of carbonyl (C=O) groups excluding carboxylic acids is 2. The van der Waals surface area contributed by atoms with Gasteiger partial charge in [-0.25, -0.2) is 4.39 Å². The van der Waals surface area contributed by atoms with Crippen molar-refractivity contribution in [2.45, 2.75) is 70.9 Å². The summed E-state index contributed by atoms with van der Waals surface area (Å²) in [6, 6.07) is 0. The molecule has 0 unspecified atom stereocenters. The van der Waals surface area contributed by atoms with Crippen molar-refractivity contribution in [1.82, 2.24) is 0 Å². The molecule has 4 aliphatic carbocycles. The predicted octanol–water partition coefficient (Wildman–Crippen LogP) is 5.02. The molecule has 0 aromatic rings. The summed E-state index contributed by atoms with van der Waals surface area (Å²) in [6.07, 6.45) is 0.878. The van der Waals surface area contributed by atoms with Crippen molar-refractivity contribution in [2.24, 2.45) is 28.6 Å². The van der Waals surface area contributed by atoms with Crippen LogP contribution in [0.2, 0.25) is 0 Å². The van der Waals surface area contributed by atoms with Crippen LogP contribution in [0.3, 0.4) is 0 Å². The highest BCUT2D eigenvalue weighted by Crippen LogP contribution is 2.69. The van der Waals surface area contributed by atoms with Gasteiger partial charge in [-0.2, -0.15) is 8.78 Å². The molecule has 6 atom stereocenters. The Balaban J connectivity index is 1.82. The summed E-state index contributed by atoms with van der Waals surface area (Å²) in [4.78, 5) is 24.3. The molecule has 0 spiro atoms. The number of alkyl halides is 1. The molecular weight excluding hydrogens is 329 g/mol. The fourth-order valence-electron chi connectivity index (χ4n) is 6.85. The largest absolute Gasteiger partial charge is 0.300 e. The van der Waals surface area contributed by atoms with Gasteiger partial charge in [0.25, 0.3) is 6.08 Å². The second kappa shape index (κ2) is 5.20. The van der Waals surface area contributed by atoms with Crippen LogP contribution in [0.4, 0.5) is 13.2 Å². The van der Waals surface area contributed by atoms with E-state index < -0.39 is 34.6 Å². The molecule has 0 heterocycles. The zero-order valence-electron chi connectivity index (χ0n) is 14.8. The zero-order chi connectivity index (χ0) is 18.2. The van der Waals surface area contributed by atoms with Crippen molar-refractivity contribution in [3.63, 3.8) is 0 Å². The van der Waals surface area contributed by atoms with Crippen LogP contribution in [0, 0.1) is 28.6 Å². The SMILES string of the molecule is C[C@]12CC[C@H]3[C@@H](CC(=C(F)F)[C@@]4(F)CC(=O)CC[C@]34C)[C@@H]1CCC2=O. The van der Waals surface area contributed by atoms with Crippen LogP contribution in [-0.4, -0.2) is 17.2 Å². The first-order valence-electron chi connectivity index (χ1n) is 9.42. The molecule has 4 fully saturated rings. The minimum atomic E-state index is -2.22. The molecule has 0 aromatic carbocycles. The average Bonchev–Trinajstić information content (AvgIpc) is 2.83. The molecule has 0 radical (unpaired) electrons. The van der Waals surface area contributed by atoms with E-state index in [1.54, 1.807) is 6.92 Å². The number of allylic oxidation sites excluding steroid dienone is 1. The third-order valence-corrected chi connectivity index (χ3v) is 8.38. The van der Waals surface area contributed by atoms with Gasteiger partial charge in [0, 0.05) is 35.7 Å². The number of carbonyl (C=O) groups is 2. The number of halogens is 3. The first-order chi connectivity index (χ1) is 11.6. The molecule has 4 aliphatic rings. The van der Waals surface area contributed by atoms with Crippen LogP contribution in [-0.2, 0) is 9.59 Å². The van der Waals surface area contributed by atoms with Crippen LogP contribution in [0.5, 0.6) is 0 Å². The molecule has 0 bridgehead atoms. The number of hydrogen-bond acceptors (Lipinski definition) is 2. The van der Waals surface area contributed by atoms with E-state index in [0.29, 0.717) is 25.7 Å². The number of hydrogen-bond donors (Lipinski definition) is 0. The Morgan fingerprint density at radius 1 is 1.04 bits per heavy atom. The lowest BCUT2D eigenvalue weighted by atomic mass is 9.43. The zero-order valence-corrected chi connectivity index (χ0v) is 14.8. The van der Waals surface area contributed by atoms with E-state index in [1.807, 2.05) is 6.92 Å². The molecule has 4 rings (SSSR count). The molecule has 0 aliphatic heterocycles. The molecular formula is C20H25F3O2. The van der Waals surface area contributed by atoms with Crippen LogP contribution < -0.4 is 0 Å². The monoisotopic (exact) mass is 354 g/mol. The van der Waals surface area contributed by atoms with Crippen LogP contribution in [0.15, 0.2) is 11.7 Å². The molecule has 0 aromatic heterocycles. The van der Waals surface area contributed by atoms with E-state index in [2.05, 4.69) is 0 Å². The number of fused-ring (bicyclic) bond motifs is 5. The number of ketones is 2. The molecule has 0 saturated heterocycles. The molecule has 0 N–H and O–H groups in total. The van der Waals surface area contributed by atoms with Crippen LogP contribution >= 0.6 is 0 Å². The number of rotatable bonds is 0.